The largest absolute Gasteiger partial charge is 0.486 e. The minimum absolute atomic E-state index is 0.282. The Labute approximate surface area is 174 Å². The van der Waals surface area contributed by atoms with Crippen molar-refractivity contribution in [3.63, 3.8) is 0 Å². The molecule has 2 aliphatic heterocycles. The van der Waals surface area contributed by atoms with E-state index in [9.17, 15) is 4.79 Å². The second kappa shape index (κ2) is 9.35. The number of likely N-dealkylation sites (N-methyl/N-ethyl adjacent to an activating group) is 1. The number of carbonyl (C=O) groups excluding carboxylic acids is 1. The Morgan fingerprint density at radius 1 is 1.00 bits per heavy atom. The van der Waals surface area contributed by atoms with E-state index < -0.39 is 0 Å². The van der Waals surface area contributed by atoms with Crippen molar-refractivity contribution >= 4 is 5.91 Å². The molecule has 160 valence electrons. The van der Waals surface area contributed by atoms with Crippen molar-refractivity contribution in [3.8, 4) is 11.5 Å². The fraction of sp³-hybridized carbons (Fsp3) is 0.696. The van der Waals surface area contributed by atoms with Crippen LogP contribution in [0.1, 0.15) is 38.2 Å². The molecule has 0 bridgehead atoms. The average Bonchev–Trinajstić information content (AvgIpc) is 2.75. The summed E-state index contributed by atoms with van der Waals surface area (Å²) < 4.78 is 11.3. The predicted molar refractivity (Wildman–Crippen MR) is 113 cm³/mol. The second-order valence-electron chi connectivity index (χ2n) is 8.95. The van der Waals surface area contributed by atoms with Crippen LogP contribution >= 0.6 is 0 Å². The number of rotatable bonds is 5. The van der Waals surface area contributed by atoms with Crippen molar-refractivity contribution < 1.29 is 14.3 Å². The van der Waals surface area contributed by atoms with Crippen LogP contribution in [0.2, 0.25) is 0 Å². The maximum absolute atomic E-state index is 12.7. The van der Waals surface area contributed by atoms with Gasteiger partial charge in [0.15, 0.2) is 11.5 Å². The third-order valence-electron chi connectivity index (χ3n) is 6.76. The molecule has 0 aromatic heterocycles. The molecule has 0 atom stereocenters. The quantitative estimate of drug-likeness (QED) is 0.759. The van der Waals surface area contributed by atoms with Gasteiger partial charge in [0.25, 0.3) is 0 Å². The summed E-state index contributed by atoms with van der Waals surface area (Å²) in [6.07, 6.45) is 4.82. The third kappa shape index (κ3) is 5.23. The van der Waals surface area contributed by atoms with Gasteiger partial charge in [0.05, 0.1) is 6.54 Å². The first kappa shape index (κ1) is 20.5. The highest BCUT2D eigenvalue weighted by Gasteiger charge is 2.27. The maximum atomic E-state index is 12.7. The molecule has 1 saturated heterocycles. The summed E-state index contributed by atoms with van der Waals surface area (Å²) in [5.41, 5.74) is 1.25. The third-order valence-corrected chi connectivity index (χ3v) is 6.76. The van der Waals surface area contributed by atoms with Gasteiger partial charge >= 0.3 is 0 Å². The molecule has 3 aliphatic rings. The Balaban J connectivity index is 1.21. The lowest BCUT2D eigenvalue weighted by Crippen LogP contribution is -2.50. The van der Waals surface area contributed by atoms with E-state index >= 15 is 0 Å². The molecule has 4 rings (SSSR count). The van der Waals surface area contributed by atoms with Crippen LogP contribution in [0.25, 0.3) is 0 Å². The number of nitrogens with zero attached hydrogens (tertiary/aromatic N) is 3. The Morgan fingerprint density at radius 2 is 1.66 bits per heavy atom. The Morgan fingerprint density at radius 3 is 2.38 bits per heavy atom. The van der Waals surface area contributed by atoms with Gasteiger partial charge in [0, 0.05) is 45.8 Å². The number of hydrogen-bond acceptors (Lipinski definition) is 5. The van der Waals surface area contributed by atoms with Gasteiger partial charge in [-0.25, -0.2) is 0 Å². The van der Waals surface area contributed by atoms with Gasteiger partial charge in [0.2, 0.25) is 5.91 Å². The minimum atomic E-state index is 0.282. The van der Waals surface area contributed by atoms with Crippen molar-refractivity contribution in [1.82, 2.24) is 14.7 Å². The molecule has 0 unspecified atom stereocenters. The zero-order chi connectivity index (χ0) is 20.2. The number of fused-ring (bicyclic) bond motifs is 1. The molecule has 2 heterocycles. The van der Waals surface area contributed by atoms with E-state index in [1.54, 1.807) is 0 Å². The fourth-order valence-corrected chi connectivity index (χ4v) is 4.69. The Hall–Kier alpha value is -1.79. The van der Waals surface area contributed by atoms with Gasteiger partial charge in [-0.3, -0.25) is 14.6 Å². The first-order valence-electron chi connectivity index (χ1n) is 11.2. The lowest BCUT2D eigenvalue weighted by molar-refractivity contribution is -0.134. The van der Waals surface area contributed by atoms with Crippen LogP contribution in [0, 0.1) is 5.92 Å². The number of hydrogen-bond donors (Lipinski definition) is 0. The second-order valence-corrected chi connectivity index (χ2v) is 8.95. The summed E-state index contributed by atoms with van der Waals surface area (Å²) in [6, 6.07) is 6.68. The Bertz CT molecular complexity index is 695. The summed E-state index contributed by atoms with van der Waals surface area (Å²) in [5, 5.41) is 0. The molecule has 1 aromatic carbocycles. The van der Waals surface area contributed by atoms with Crippen LogP contribution in [-0.4, -0.2) is 79.6 Å². The number of benzene rings is 1. The van der Waals surface area contributed by atoms with Gasteiger partial charge in [-0.05, 0) is 49.3 Å². The van der Waals surface area contributed by atoms with Crippen LogP contribution < -0.4 is 9.47 Å². The molecule has 1 aromatic rings. The topological polar surface area (TPSA) is 45.3 Å². The molecule has 29 heavy (non-hydrogen) atoms. The van der Waals surface area contributed by atoms with E-state index in [1.807, 2.05) is 18.0 Å². The molecule has 0 radical (unpaired) electrons. The molecule has 1 saturated carbocycles. The van der Waals surface area contributed by atoms with E-state index in [4.69, 9.17) is 9.47 Å². The summed E-state index contributed by atoms with van der Waals surface area (Å²) in [7, 11) is 2.00. The van der Waals surface area contributed by atoms with Crippen LogP contribution in [0.3, 0.4) is 0 Å². The Kier molecular flexibility index (Phi) is 6.60. The van der Waals surface area contributed by atoms with Gasteiger partial charge in [0.1, 0.15) is 13.2 Å². The van der Waals surface area contributed by atoms with Crippen LogP contribution in [0.5, 0.6) is 11.5 Å². The summed E-state index contributed by atoms with van der Waals surface area (Å²) in [5.74, 6) is 2.81. The highest BCUT2D eigenvalue weighted by Crippen LogP contribution is 2.31. The number of ether oxygens (including phenoxy) is 2. The SMILES string of the molecule is CC1CCC(N(C)C(=O)CN2CCN(Cc3ccc4c(c3)OCCO4)CC2)CC1. The number of piperazine rings is 1. The maximum Gasteiger partial charge on any atom is 0.236 e. The first-order chi connectivity index (χ1) is 14.1. The van der Waals surface area contributed by atoms with Crippen LogP contribution in [0.4, 0.5) is 0 Å². The summed E-state index contributed by atoms with van der Waals surface area (Å²) >= 11 is 0. The van der Waals surface area contributed by atoms with Crippen molar-refractivity contribution in [3.05, 3.63) is 23.8 Å². The summed E-state index contributed by atoms with van der Waals surface area (Å²) in [4.78, 5) is 19.5. The minimum Gasteiger partial charge on any atom is -0.486 e. The zero-order valence-corrected chi connectivity index (χ0v) is 17.9. The fourth-order valence-electron chi connectivity index (χ4n) is 4.69. The standard InChI is InChI=1S/C23H35N3O3/c1-18-3-6-20(7-4-18)24(2)23(27)17-26-11-9-25(10-12-26)16-19-5-8-21-22(15-19)29-14-13-28-21/h5,8,15,18,20H,3-4,6-7,9-14,16-17H2,1-2H3. The van der Waals surface area contributed by atoms with Crippen LogP contribution in [-0.2, 0) is 11.3 Å². The van der Waals surface area contributed by atoms with Gasteiger partial charge < -0.3 is 14.4 Å². The first-order valence-corrected chi connectivity index (χ1v) is 11.2. The molecule has 0 N–H and O–H groups in total. The molecule has 1 amide bonds. The monoisotopic (exact) mass is 401 g/mol. The van der Waals surface area contributed by atoms with E-state index in [2.05, 4.69) is 28.9 Å². The highest BCUT2D eigenvalue weighted by atomic mass is 16.6. The van der Waals surface area contributed by atoms with Crippen molar-refractivity contribution in [2.24, 2.45) is 5.92 Å². The molecular weight excluding hydrogens is 366 g/mol. The van der Waals surface area contributed by atoms with Gasteiger partial charge in [-0.15, -0.1) is 0 Å². The van der Waals surface area contributed by atoms with Gasteiger partial charge in [-0.1, -0.05) is 13.0 Å². The van der Waals surface area contributed by atoms with Crippen molar-refractivity contribution in [1.29, 1.82) is 0 Å². The highest BCUT2D eigenvalue weighted by molar-refractivity contribution is 5.78. The number of amides is 1. The molecule has 2 fully saturated rings. The van der Waals surface area contributed by atoms with Crippen LogP contribution in [0.15, 0.2) is 18.2 Å². The van der Waals surface area contributed by atoms with Crippen molar-refractivity contribution in [2.75, 3.05) is 53.0 Å². The molecule has 1 aliphatic carbocycles. The van der Waals surface area contributed by atoms with E-state index in [-0.39, 0.29) is 5.91 Å². The van der Waals surface area contributed by atoms with E-state index in [1.165, 1.54) is 18.4 Å². The molecule has 0 spiro atoms. The predicted octanol–water partition coefficient (Wildman–Crippen LogP) is 2.61. The van der Waals surface area contributed by atoms with E-state index in [0.29, 0.717) is 25.8 Å². The smallest absolute Gasteiger partial charge is 0.236 e. The van der Waals surface area contributed by atoms with Gasteiger partial charge in [-0.2, -0.15) is 0 Å². The molecular formula is C23H35N3O3. The lowest BCUT2D eigenvalue weighted by atomic mass is 9.87. The number of carbonyl (C=O) groups is 1. The van der Waals surface area contributed by atoms with E-state index in [0.717, 1.165) is 63.0 Å². The molecule has 6 heteroatoms. The van der Waals surface area contributed by atoms with Crippen molar-refractivity contribution in [2.45, 2.75) is 45.2 Å². The zero-order valence-electron chi connectivity index (χ0n) is 17.9. The average molecular weight is 402 g/mol. The summed E-state index contributed by atoms with van der Waals surface area (Å²) in [6.45, 7) is 8.93. The lowest BCUT2D eigenvalue weighted by Gasteiger charge is -2.37. The normalized spacial score (nSPS) is 25.6. The molecule has 6 nitrogen and oxygen atoms in total.